The third-order valence-electron chi connectivity index (χ3n) is 4.47. The molecular formula is C18H14F2N2O3S. The zero-order chi connectivity index (χ0) is 18.5. The van der Waals surface area contributed by atoms with E-state index in [1.54, 1.807) is 12.1 Å². The number of sulfonamides is 1. The van der Waals surface area contributed by atoms with E-state index in [4.69, 9.17) is 9.56 Å². The van der Waals surface area contributed by atoms with Crippen molar-refractivity contribution >= 4 is 10.0 Å². The zero-order valence-electron chi connectivity index (χ0n) is 13.3. The second kappa shape index (κ2) is 5.72. The molecule has 0 bridgehead atoms. The Labute approximate surface area is 148 Å². The molecule has 2 aromatic carbocycles. The summed E-state index contributed by atoms with van der Waals surface area (Å²) in [5.41, 5.74) is 1.07. The van der Waals surface area contributed by atoms with E-state index >= 15 is 0 Å². The summed E-state index contributed by atoms with van der Waals surface area (Å²) in [7, 11) is -3.86. The second-order valence-corrected chi connectivity index (χ2v) is 7.73. The summed E-state index contributed by atoms with van der Waals surface area (Å²) in [5.74, 6) is -4.91. The largest absolute Gasteiger partial charge is 0.440 e. The molecule has 0 unspecified atom stereocenters. The van der Waals surface area contributed by atoms with Crippen LogP contribution in [0.1, 0.15) is 23.3 Å². The van der Waals surface area contributed by atoms with Gasteiger partial charge >= 0.3 is 0 Å². The maximum atomic E-state index is 14.3. The molecule has 1 heterocycles. The number of hydrogen-bond acceptors (Lipinski definition) is 4. The fourth-order valence-corrected chi connectivity index (χ4v) is 3.60. The Hall–Kier alpha value is -2.58. The van der Waals surface area contributed by atoms with Gasteiger partial charge in [-0.3, -0.25) is 0 Å². The molecular weight excluding hydrogens is 362 g/mol. The molecule has 1 aliphatic carbocycles. The lowest BCUT2D eigenvalue weighted by Crippen LogP contribution is -2.11. The number of rotatable bonds is 4. The Morgan fingerprint density at radius 1 is 1.00 bits per heavy atom. The van der Waals surface area contributed by atoms with Crippen LogP contribution < -0.4 is 5.14 Å². The van der Waals surface area contributed by atoms with Crippen molar-refractivity contribution in [2.24, 2.45) is 5.14 Å². The van der Waals surface area contributed by atoms with Crippen LogP contribution in [-0.2, 0) is 10.0 Å². The summed E-state index contributed by atoms with van der Waals surface area (Å²) < 4.78 is 56.8. The zero-order valence-corrected chi connectivity index (χ0v) is 14.2. The van der Waals surface area contributed by atoms with Crippen molar-refractivity contribution in [1.29, 1.82) is 0 Å². The Bertz CT molecular complexity index is 1050. The number of oxazole rings is 1. The highest BCUT2D eigenvalue weighted by molar-refractivity contribution is 7.89. The smallest absolute Gasteiger partial charge is 0.268 e. The average molecular weight is 376 g/mol. The molecule has 0 spiro atoms. The third kappa shape index (κ3) is 2.81. The molecule has 2 atom stereocenters. The van der Waals surface area contributed by atoms with Gasteiger partial charge in [0.25, 0.3) is 5.92 Å². The Kier molecular flexibility index (Phi) is 3.71. The van der Waals surface area contributed by atoms with Crippen LogP contribution in [0.3, 0.4) is 0 Å². The van der Waals surface area contributed by atoms with Gasteiger partial charge in [-0.25, -0.2) is 27.3 Å². The van der Waals surface area contributed by atoms with Crippen LogP contribution in [0.15, 0.2) is 70.1 Å². The minimum absolute atomic E-state index is 0.0330. The molecule has 0 saturated heterocycles. The molecule has 8 heteroatoms. The van der Waals surface area contributed by atoms with Crippen LogP contribution in [0, 0.1) is 0 Å². The highest BCUT2D eigenvalue weighted by atomic mass is 32.2. The third-order valence-corrected chi connectivity index (χ3v) is 5.40. The van der Waals surface area contributed by atoms with Crippen LogP contribution >= 0.6 is 0 Å². The maximum absolute atomic E-state index is 14.3. The van der Waals surface area contributed by atoms with Crippen molar-refractivity contribution in [3.05, 3.63) is 72.2 Å². The molecule has 1 fully saturated rings. The topological polar surface area (TPSA) is 86.2 Å². The van der Waals surface area contributed by atoms with Crippen LogP contribution in [0.5, 0.6) is 0 Å². The van der Waals surface area contributed by atoms with Crippen molar-refractivity contribution in [3.63, 3.8) is 0 Å². The summed E-state index contributed by atoms with van der Waals surface area (Å²) >= 11 is 0. The molecule has 0 amide bonds. The van der Waals surface area contributed by atoms with E-state index in [1.807, 2.05) is 18.2 Å². The van der Waals surface area contributed by atoms with Gasteiger partial charge in [0.2, 0.25) is 15.9 Å². The minimum Gasteiger partial charge on any atom is -0.440 e. The predicted molar refractivity (Wildman–Crippen MR) is 90.2 cm³/mol. The number of alkyl halides is 2. The first-order valence-electron chi connectivity index (χ1n) is 7.80. The molecule has 2 N–H and O–H groups in total. The molecule has 3 aromatic rings. The van der Waals surface area contributed by atoms with Crippen molar-refractivity contribution in [3.8, 4) is 11.3 Å². The van der Waals surface area contributed by atoms with Gasteiger partial charge in [-0.15, -0.1) is 0 Å². The number of nitrogens with two attached hydrogens (primary N) is 1. The van der Waals surface area contributed by atoms with Crippen molar-refractivity contribution in [1.82, 2.24) is 4.98 Å². The molecule has 4 rings (SSSR count). The lowest BCUT2D eigenvalue weighted by molar-refractivity contribution is 0.101. The normalized spacial score (nSPS) is 21.5. The highest BCUT2D eigenvalue weighted by Gasteiger charge is 2.71. The number of halogens is 2. The first-order valence-corrected chi connectivity index (χ1v) is 9.35. The standard InChI is InChI=1S/C18H14F2N2O3S/c19-18(20)15(12-6-8-13(9-7-12)26(21,23)24)16(18)17-22-10-14(25-17)11-4-2-1-3-5-11/h1-10,15-16H,(H2,21,23,24)/t15-,16+/m1/s1. The van der Waals surface area contributed by atoms with Crippen molar-refractivity contribution in [2.75, 3.05) is 0 Å². The van der Waals surface area contributed by atoms with Gasteiger partial charge in [0, 0.05) is 5.56 Å². The highest BCUT2D eigenvalue weighted by Crippen LogP contribution is 2.67. The number of aromatic nitrogens is 1. The van der Waals surface area contributed by atoms with E-state index in [9.17, 15) is 17.2 Å². The summed E-state index contributed by atoms with van der Waals surface area (Å²) in [6.45, 7) is 0. The molecule has 0 aliphatic heterocycles. The summed E-state index contributed by atoms with van der Waals surface area (Å²) in [6, 6.07) is 14.2. The van der Waals surface area contributed by atoms with Crippen LogP contribution in [0.4, 0.5) is 8.78 Å². The van der Waals surface area contributed by atoms with E-state index in [0.29, 0.717) is 11.3 Å². The molecule has 1 aromatic heterocycles. The van der Waals surface area contributed by atoms with Gasteiger partial charge < -0.3 is 4.42 Å². The van der Waals surface area contributed by atoms with E-state index in [1.165, 1.54) is 30.5 Å². The second-order valence-electron chi connectivity index (χ2n) is 6.17. The van der Waals surface area contributed by atoms with E-state index in [2.05, 4.69) is 4.98 Å². The summed E-state index contributed by atoms with van der Waals surface area (Å²) in [5, 5.41) is 5.03. The number of benzene rings is 2. The average Bonchev–Trinajstić information content (AvgIpc) is 2.95. The number of primary sulfonamides is 1. The van der Waals surface area contributed by atoms with Gasteiger partial charge in [-0.2, -0.15) is 0 Å². The van der Waals surface area contributed by atoms with Crippen molar-refractivity contribution < 1.29 is 21.6 Å². The van der Waals surface area contributed by atoms with Gasteiger partial charge in [-0.1, -0.05) is 42.5 Å². The number of nitrogens with zero attached hydrogens (tertiary/aromatic N) is 1. The Morgan fingerprint density at radius 2 is 1.65 bits per heavy atom. The summed E-state index contributed by atoms with van der Waals surface area (Å²) in [6.07, 6.45) is 1.43. The number of hydrogen-bond donors (Lipinski definition) is 1. The Balaban J connectivity index is 1.62. The van der Waals surface area contributed by atoms with Gasteiger partial charge in [0.05, 0.1) is 17.0 Å². The quantitative estimate of drug-likeness (QED) is 0.755. The van der Waals surface area contributed by atoms with Crippen LogP contribution in [-0.4, -0.2) is 19.3 Å². The fraction of sp³-hybridized carbons (Fsp3) is 0.167. The molecule has 26 heavy (non-hydrogen) atoms. The molecule has 134 valence electrons. The van der Waals surface area contributed by atoms with Crippen molar-refractivity contribution in [2.45, 2.75) is 22.7 Å². The van der Waals surface area contributed by atoms with E-state index in [-0.39, 0.29) is 10.8 Å². The predicted octanol–water partition coefficient (Wildman–Crippen LogP) is 3.51. The lowest BCUT2D eigenvalue weighted by Gasteiger charge is -2.01. The van der Waals surface area contributed by atoms with E-state index < -0.39 is 27.8 Å². The lowest BCUT2D eigenvalue weighted by atomic mass is 10.1. The van der Waals surface area contributed by atoms with Crippen LogP contribution in [0.2, 0.25) is 0 Å². The van der Waals surface area contributed by atoms with Gasteiger partial charge in [0.15, 0.2) is 5.76 Å². The maximum Gasteiger partial charge on any atom is 0.268 e. The van der Waals surface area contributed by atoms with E-state index in [0.717, 1.165) is 5.56 Å². The first-order chi connectivity index (χ1) is 12.3. The van der Waals surface area contributed by atoms with Crippen LogP contribution in [0.25, 0.3) is 11.3 Å². The van der Waals surface area contributed by atoms with Gasteiger partial charge in [0.1, 0.15) is 5.92 Å². The fourth-order valence-electron chi connectivity index (χ4n) is 3.08. The monoisotopic (exact) mass is 376 g/mol. The van der Waals surface area contributed by atoms with Gasteiger partial charge in [-0.05, 0) is 17.7 Å². The minimum atomic E-state index is -3.86. The molecule has 1 aliphatic rings. The first kappa shape index (κ1) is 16.9. The molecule has 0 radical (unpaired) electrons. The molecule has 5 nitrogen and oxygen atoms in total. The molecule has 1 saturated carbocycles. The Morgan fingerprint density at radius 3 is 2.27 bits per heavy atom. The SMILES string of the molecule is NS(=O)(=O)c1ccc([C@@H]2[C@@H](c3ncc(-c4ccccc4)o3)C2(F)F)cc1. The summed E-state index contributed by atoms with van der Waals surface area (Å²) in [4.78, 5) is 3.90.